The van der Waals surface area contributed by atoms with Crippen LogP contribution in [0.2, 0.25) is 0 Å². The fourth-order valence-electron chi connectivity index (χ4n) is 2.50. The minimum Gasteiger partial charge on any atom is -0.387 e. The van der Waals surface area contributed by atoms with E-state index in [1.165, 1.54) is 0 Å². The van der Waals surface area contributed by atoms with E-state index in [-0.39, 0.29) is 11.2 Å². The van der Waals surface area contributed by atoms with E-state index in [0.29, 0.717) is 0 Å². The molecular formula is C10H13N4O10P. The summed E-state index contributed by atoms with van der Waals surface area (Å²) in [6, 6.07) is 0. The van der Waals surface area contributed by atoms with Gasteiger partial charge in [-0.25, -0.2) is 14.3 Å². The standard InChI is InChI=1S/C10H13N4O10P/c15-3-4(16)8(23-5(3)9(18)24-25(20,21)22)14-1-11-2-6(14)12-10(19)13-7(2)17/h1,3-5,8-9,15-16,18H,(H2,20,21,22)(H2,12,13,17,19)/t3-,4-,5-,8+,9?/m0/s1. The molecule has 3 heterocycles. The van der Waals surface area contributed by atoms with Crippen molar-refractivity contribution in [3.05, 3.63) is 27.2 Å². The van der Waals surface area contributed by atoms with E-state index in [9.17, 15) is 29.5 Å². The van der Waals surface area contributed by atoms with Crippen molar-refractivity contribution in [2.24, 2.45) is 0 Å². The lowest BCUT2D eigenvalue weighted by Crippen LogP contribution is -2.39. The van der Waals surface area contributed by atoms with Gasteiger partial charge in [0, 0.05) is 0 Å². The number of ether oxygens (including phenoxy) is 1. The van der Waals surface area contributed by atoms with Crippen LogP contribution < -0.4 is 11.2 Å². The Balaban J connectivity index is 1.95. The molecule has 25 heavy (non-hydrogen) atoms. The summed E-state index contributed by atoms with van der Waals surface area (Å²) in [6.07, 6.45) is -7.86. The number of hydrogen-bond donors (Lipinski definition) is 7. The van der Waals surface area contributed by atoms with Crippen LogP contribution in [0.3, 0.4) is 0 Å². The van der Waals surface area contributed by atoms with Crippen molar-refractivity contribution in [2.45, 2.75) is 30.8 Å². The third kappa shape index (κ3) is 3.29. The monoisotopic (exact) mass is 380 g/mol. The van der Waals surface area contributed by atoms with Crippen molar-refractivity contribution in [1.29, 1.82) is 0 Å². The minimum atomic E-state index is -5.09. The van der Waals surface area contributed by atoms with Crippen molar-refractivity contribution in [3.63, 3.8) is 0 Å². The summed E-state index contributed by atoms with van der Waals surface area (Å²) in [4.78, 5) is 48.4. The van der Waals surface area contributed by atoms with E-state index in [1.54, 1.807) is 0 Å². The highest BCUT2D eigenvalue weighted by molar-refractivity contribution is 7.46. The van der Waals surface area contributed by atoms with Crippen LogP contribution in [0.5, 0.6) is 0 Å². The molecule has 1 fully saturated rings. The zero-order valence-electron chi connectivity index (χ0n) is 12.1. The highest BCUT2D eigenvalue weighted by Gasteiger charge is 2.49. The first-order valence-electron chi connectivity index (χ1n) is 6.71. The number of phosphoric acid groups is 1. The van der Waals surface area contributed by atoms with Gasteiger partial charge >= 0.3 is 13.5 Å². The normalized spacial score (nSPS) is 28.5. The summed E-state index contributed by atoms with van der Waals surface area (Å²) in [5, 5.41) is 29.7. The molecule has 7 N–H and O–H groups in total. The number of nitrogens with one attached hydrogen (secondary N) is 2. The second-order valence-corrected chi connectivity index (χ2v) is 6.41. The van der Waals surface area contributed by atoms with Gasteiger partial charge in [-0.2, -0.15) is 0 Å². The Morgan fingerprint density at radius 2 is 1.96 bits per heavy atom. The zero-order chi connectivity index (χ0) is 18.5. The first-order chi connectivity index (χ1) is 11.6. The molecule has 1 aliphatic rings. The van der Waals surface area contributed by atoms with Gasteiger partial charge in [-0.3, -0.25) is 23.9 Å². The van der Waals surface area contributed by atoms with Crippen molar-refractivity contribution in [3.8, 4) is 0 Å². The molecular weight excluding hydrogens is 367 g/mol. The van der Waals surface area contributed by atoms with Crippen LogP contribution in [-0.4, -0.2) is 69.2 Å². The Morgan fingerprint density at radius 1 is 1.28 bits per heavy atom. The maximum absolute atomic E-state index is 11.7. The van der Waals surface area contributed by atoms with Gasteiger partial charge < -0.3 is 29.8 Å². The summed E-state index contributed by atoms with van der Waals surface area (Å²) < 4.78 is 21.0. The topological polar surface area (TPSA) is 220 Å². The van der Waals surface area contributed by atoms with E-state index < -0.39 is 49.9 Å². The highest BCUT2D eigenvalue weighted by atomic mass is 31.2. The molecule has 0 radical (unpaired) electrons. The van der Waals surface area contributed by atoms with Crippen LogP contribution in [0.15, 0.2) is 15.9 Å². The molecule has 3 rings (SSSR count). The smallest absolute Gasteiger partial charge is 0.387 e. The van der Waals surface area contributed by atoms with Crippen molar-refractivity contribution in [1.82, 2.24) is 19.5 Å². The lowest BCUT2D eigenvalue weighted by atomic mass is 10.1. The molecule has 138 valence electrons. The van der Waals surface area contributed by atoms with E-state index in [4.69, 9.17) is 14.5 Å². The number of phosphoric ester groups is 1. The van der Waals surface area contributed by atoms with Crippen molar-refractivity contribution < 1.29 is 38.9 Å². The maximum Gasteiger partial charge on any atom is 0.472 e. The molecule has 2 aromatic heterocycles. The Hall–Kier alpha value is -1.90. The Morgan fingerprint density at radius 3 is 2.60 bits per heavy atom. The molecule has 0 aliphatic carbocycles. The average molecular weight is 380 g/mol. The predicted molar refractivity (Wildman–Crippen MR) is 76.0 cm³/mol. The molecule has 14 nitrogen and oxygen atoms in total. The molecule has 5 atom stereocenters. The second-order valence-electron chi connectivity index (χ2n) is 5.22. The van der Waals surface area contributed by atoms with Gasteiger partial charge in [0.1, 0.15) is 24.0 Å². The molecule has 1 unspecified atom stereocenters. The first kappa shape index (κ1) is 17.9. The molecule has 1 saturated heterocycles. The lowest BCUT2D eigenvalue weighted by Gasteiger charge is -2.21. The third-order valence-corrected chi connectivity index (χ3v) is 4.03. The van der Waals surface area contributed by atoms with Crippen LogP contribution in [0.25, 0.3) is 11.2 Å². The van der Waals surface area contributed by atoms with Crippen LogP contribution in [-0.2, 0) is 13.8 Å². The number of H-pyrrole nitrogens is 2. The number of aromatic amines is 2. The molecule has 0 amide bonds. The van der Waals surface area contributed by atoms with Crippen LogP contribution in [0.4, 0.5) is 0 Å². The minimum absolute atomic E-state index is 0.129. The van der Waals surface area contributed by atoms with E-state index >= 15 is 0 Å². The van der Waals surface area contributed by atoms with Gasteiger partial charge in [0.2, 0.25) is 0 Å². The second kappa shape index (κ2) is 6.12. The van der Waals surface area contributed by atoms with Gasteiger partial charge in [0.25, 0.3) is 5.56 Å². The molecule has 0 aromatic carbocycles. The number of rotatable bonds is 4. The Labute approximate surface area is 136 Å². The Bertz CT molecular complexity index is 945. The highest BCUT2D eigenvalue weighted by Crippen LogP contribution is 2.41. The van der Waals surface area contributed by atoms with Crippen LogP contribution in [0.1, 0.15) is 6.23 Å². The number of aliphatic hydroxyl groups excluding tert-OH is 3. The van der Waals surface area contributed by atoms with E-state index in [0.717, 1.165) is 10.9 Å². The summed E-state index contributed by atoms with van der Waals surface area (Å²) in [5.41, 5.74) is -1.96. The SMILES string of the molecule is O=c1[nH]c(=O)c2ncn([C@@H]3O[C@H](C(O)OP(=O)(O)O)[C@@H](O)[C@@H]3O)c2[nH]1. The molecule has 15 heteroatoms. The van der Waals surface area contributed by atoms with Gasteiger partial charge in [-0.05, 0) is 0 Å². The van der Waals surface area contributed by atoms with Gasteiger partial charge in [-0.1, -0.05) is 0 Å². The van der Waals surface area contributed by atoms with Gasteiger partial charge in [0.15, 0.2) is 18.0 Å². The number of aromatic nitrogens is 4. The fraction of sp³-hybridized carbons (Fsp3) is 0.500. The van der Waals surface area contributed by atoms with Gasteiger partial charge in [-0.15, -0.1) is 0 Å². The number of fused-ring (bicyclic) bond motifs is 1. The third-order valence-electron chi connectivity index (χ3n) is 3.54. The number of nitrogens with zero attached hydrogens (tertiary/aromatic N) is 2. The largest absolute Gasteiger partial charge is 0.472 e. The predicted octanol–water partition coefficient (Wildman–Crippen LogP) is -3.54. The zero-order valence-corrected chi connectivity index (χ0v) is 13.0. The lowest BCUT2D eigenvalue weighted by molar-refractivity contribution is -0.161. The van der Waals surface area contributed by atoms with Gasteiger partial charge in [0.05, 0.1) is 6.33 Å². The number of imidazole rings is 1. The average Bonchev–Trinajstić information content (AvgIpc) is 3.00. The number of hydrogen-bond acceptors (Lipinski definition) is 9. The summed E-state index contributed by atoms with van der Waals surface area (Å²) in [5.74, 6) is 0. The number of aliphatic hydroxyl groups is 3. The summed E-state index contributed by atoms with van der Waals surface area (Å²) in [6.45, 7) is 0. The molecule has 1 aliphatic heterocycles. The summed E-state index contributed by atoms with van der Waals surface area (Å²) in [7, 11) is -5.09. The first-order valence-corrected chi connectivity index (χ1v) is 8.24. The van der Waals surface area contributed by atoms with Crippen molar-refractivity contribution >= 4 is 19.0 Å². The van der Waals surface area contributed by atoms with E-state index in [1.807, 2.05) is 4.98 Å². The molecule has 0 spiro atoms. The molecule has 2 aromatic rings. The van der Waals surface area contributed by atoms with Crippen LogP contribution in [0, 0.1) is 0 Å². The molecule has 0 bridgehead atoms. The van der Waals surface area contributed by atoms with E-state index in [2.05, 4.69) is 14.5 Å². The quantitative estimate of drug-likeness (QED) is 0.203. The summed E-state index contributed by atoms with van der Waals surface area (Å²) >= 11 is 0. The molecule has 0 saturated carbocycles. The fourth-order valence-corrected chi connectivity index (χ4v) is 2.90. The van der Waals surface area contributed by atoms with Crippen molar-refractivity contribution in [2.75, 3.05) is 0 Å². The maximum atomic E-state index is 11.7. The van der Waals surface area contributed by atoms with Crippen LogP contribution >= 0.6 is 7.82 Å². The Kier molecular flexibility index (Phi) is 4.38.